The number of ketones is 1. The Kier molecular flexibility index (Phi) is 5.56. The third-order valence-electron chi connectivity index (χ3n) is 6.86. The van der Waals surface area contributed by atoms with Gasteiger partial charge in [0.1, 0.15) is 5.75 Å². The van der Waals surface area contributed by atoms with Gasteiger partial charge in [-0.1, -0.05) is 0 Å². The maximum atomic E-state index is 13.1. The van der Waals surface area contributed by atoms with Crippen molar-refractivity contribution >= 4 is 11.7 Å². The number of hydrogen-bond donors (Lipinski definition) is 0. The number of aromatic nitrogens is 1. The molecule has 0 bridgehead atoms. The van der Waals surface area contributed by atoms with E-state index in [1.807, 2.05) is 14.0 Å². The van der Waals surface area contributed by atoms with E-state index in [9.17, 15) is 22.8 Å². The molecule has 4 rings (SSSR count). The van der Waals surface area contributed by atoms with Gasteiger partial charge in [-0.3, -0.25) is 14.5 Å². The lowest BCUT2D eigenvalue weighted by Gasteiger charge is -2.50. The summed E-state index contributed by atoms with van der Waals surface area (Å²) in [5, 5.41) is 0. The second kappa shape index (κ2) is 7.95. The van der Waals surface area contributed by atoms with E-state index in [0.717, 1.165) is 5.56 Å². The fourth-order valence-electron chi connectivity index (χ4n) is 5.03. The van der Waals surface area contributed by atoms with Crippen molar-refractivity contribution in [3.05, 3.63) is 52.8 Å². The molecule has 9 heteroatoms. The van der Waals surface area contributed by atoms with E-state index in [0.29, 0.717) is 56.0 Å². The molecule has 3 heterocycles. The van der Waals surface area contributed by atoms with Crippen LogP contribution in [0.2, 0.25) is 0 Å². The van der Waals surface area contributed by atoms with Crippen LogP contribution in [0.25, 0.3) is 0 Å². The Bertz CT molecular complexity index is 1050. The number of rotatable bonds is 3. The van der Waals surface area contributed by atoms with Crippen LogP contribution in [-0.4, -0.2) is 66.0 Å². The zero-order chi connectivity index (χ0) is 23.3. The minimum atomic E-state index is -4.90. The van der Waals surface area contributed by atoms with Gasteiger partial charge in [-0.05, 0) is 62.7 Å². The van der Waals surface area contributed by atoms with Crippen molar-refractivity contribution in [2.75, 3.05) is 33.8 Å². The summed E-state index contributed by atoms with van der Waals surface area (Å²) in [6, 6.07) is 8.24. The molecule has 0 radical (unpaired) electrons. The number of benzene rings is 1. The fraction of sp³-hybridized carbons (Fsp3) is 0.478. The molecule has 0 aliphatic carbocycles. The van der Waals surface area contributed by atoms with E-state index in [1.54, 1.807) is 36.3 Å². The largest absolute Gasteiger partial charge is 0.496 e. The highest BCUT2D eigenvalue weighted by atomic mass is 19.4. The standard InChI is InChI=1S/C23H26F3N3O3/c1-15-14-16(4-6-18(15)32-3)21(31)28-10-8-22(9-11-28)19-7-5-17(20(30)23(24,25)26)29(19)13-12-27(22)2/h4-7,14H,8-13H2,1-3H3. The second-order valence-electron chi connectivity index (χ2n) is 8.51. The van der Waals surface area contributed by atoms with Gasteiger partial charge < -0.3 is 14.2 Å². The zero-order valence-corrected chi connectivity index (χ0v) is 18.3. The summed E-state index contributed by atoms with van der Waals surface area (Å²) in [4.78, 5) is 28.9. The van der Waals surface area contributed by atoms with E-state index >= 15 is 0 Å². The number of likely N-dealkylation sites (tertiary alicyclic amines) is 1. The van der Waals surface area contributed by atoms with Crippen molar-refractivity contribution in [2.45, 2.75) is 38.0 Å². The van der Waals surface area contributed by atoms with Gasteiger partial charge in [-0.25, -0.2) is 0 Å². The highest BCUT2D eigenvalue weighted by molar-refractivity contribution is 5.99. The lowest BCUT2D eigenvalue weighted by atomic mass is 9.81. The van der Waals surface area contributed by atoms with Crippen LogP contribution in [0.3, 0.4) is 0 Å². The van der Waals surface area contributed by atoms with Gasteiger partial charge in [0.25, 0.3) is 11.7 Å². The summed E-state index contributed by atoms with van der Waals surface area (Å²) >= 11 is 0. The predicted molar refractivity (Wildman–Crippen MR) is 112 cm³/mol. The van der Waals surface area contributed by atoms with Gasteiger partial charge in [0.15, 0.2) is 0 Å². The van der Waals surface area contributed by atoms with Crippen LogP contribution in [0, 0.1) is 6.92 Å². The Morgan fingerprint density at radius 3 is 2.31 bits per heavy atom. The molecule has 1 saturated heterocycles. The van der Waals surface area contributed by atoms with Crippen molar-refractivity contribution in [1.29, 1.82) is 0 Å². The molecule has 6 nitrogen and oxygen atoms in total. The third-order valence-corrected chi connectivity index (χ3v) is 6.86. The molecular weight excluding hydrogens is 423 g/mol. The molecule has 32 heavy (non-hydrogen) atoms. The van der Waals surface area contributed by atoms with Crippen molar-refractivity contribution in [3.8, 4) is 5.75 Å². The fourth-order valence-corrected chi connectivity index (χ4v) is 5.03. The van der Waals surface area contributed by atoms with Crippen LogP contribution < -0.4 is 4.74 Å². The number of Topliss-reactive ketones (excluding diaryl/α,β-unsaturated/α-hetero) is 1. The van der Waals surface area contributed by atoms with E-state index < -0.39 is 17.5 Å². The number of hydrogen-bond acceptors (Lipinski definition) is 4. The zero-order valence-electron chi connectivity index (χ0n) is 18.3. The number of nitrogens with zero attached hydrogens (tertiary/aromatic N) is 3. The number of amides is 1. The Hall–Kier alpha value is -2.81. The van der Waals surface area contributed by atoms with Gasteiger partial charge in [0.2, 0.25) is 0 Å². The van der Waals surface area contributed by atoms with Crippen molar-refractivity contribution < 1.29 is 27.5 Å². The monoisotopic (exact) mass is 449 g/mol. The number of likely N-dealkylation sites (N-methyl/N-ethyl adjacent to an activating group) is 1. The van der Waals surface area contributed by atoms with Crippen LogP contribution >= 0.6 is 0 Å². The Morgan fingerprint density at radius 2 is 1.72 bits per heavy atom. The quantitative estimate of drug-likeness (QED) is 0.672. The molecule has 0 saturated carbocycles. The molecule has 1 amide bonds. The maximum absolute atomic E-state index is 13.1. The van der Waals surface area contributed by atoms with Gasteiger partial charge >= 0.3 is 6.18 Å². The summed E-state index contributed by atoms with van der Waals surface area (Å²) < 4.78 is 45.9. The van der Waals surface area contributed by atoms with Crippen LogP contribution in [0.15, 0.2) is 30.3 Å². The summed E-state index contributed by atoms with van der Waals surface area (Å²) in [5.74, 6) is -1.17. The first kappa shape index (κ1) is 22.4. The maximum Gasteiger partial charge on any atom is 0.456 e. The van der Waals surface area contributed by atoms with Gasteiger partial charge in [0.05, 0.1) is 18.3 Å². The average Bonchev–Trinajstić information content (AvgIpc) is 3.20. The summed E-state index contributed by atoms with van der Waals surface area (Å²) in [6.45, 7) is 3.69. The number of carbonyl (C=O) groups excluding carboxylic acids is 2. The average molecular weight is 449 g/mol. The van der Waals surface area contributed by atoms with Crippen LogP contribution in [0.1, 0.15) is 44.9 Å². The number of halogens is 3. The lowest BCUT2D eigenvalue weighted by Crippen LogP contribution is -2.56. The molecule has 172 valence electrons. The van der Waals surface area contributed by atoms with E-state index in [1.165, 1.54) is 10.6 Å². The normalized spacial score (nSPS) is 18.5. The summed E-state index contributed by atoms with van der Waals surface area (Å²) in [5.41, 5.74) is 1.35. The lowest BCUT2D eigenvalue weighted by molar-refractivity contribution is -0.0892. The number of ether oxygens (including phenoxy) is 1. The van der Waals surface area contributed by atoms with Crippen molar-refractivity contribution in [2.24, 2.45) is 0 Å². The smallest absolute Gasteiger partial charge is 0.456 e. The van der Waals surface area contributed by atoms with Crippen LogP contribution in [0.5, 0.6) is 5.75 Å². The number of carbonyl (C=O) groups is 2. The molecule has 1 aromatic heterocycles. The van der Waals surface area contributed by atoms with Crippen LogP contribution in [-0.2, 0) is 12.1 Å². The number of piperidine rings is 1. The molecule has 0 unspecified atom stereocenters. The minimum Gasteiger partial charge on any atom is -0.496 e. The van der Waals surface area contributed by atoms with Crippen LogP contribution in [0.4, 0.5) is 13.2 Å². The first-order valence-corrected chi connectivity index (χ1v) is 10.5. The van der Waals surface area contributed by atoms with E-state index in [-0.39, 0.29) is 11.6 Å². The number of alkyl halides is 3. The first-order chi connectivity index (χ1) is 15.1. The van der Waals surface area contributed by atoms with Gasteiger partial charge in [-0.15, -0.1) is 0 Å². The first-order valence-electron chi connectivity index (χ1n) is 10.5. The highest BCUT2D eigenvalue weighted by Crippen LogP contribution is 2.42. The minimum absolute atomic E-state index is 0.0765. The predicted octanol–water partition coefficient (Wildman–Crippen LogP) is 3.63. The summed E-state index contributed by atoms with van der Waals surface area (Å²) in [6.07, 6.45) is -3.75. The Labute approximate surface area is 184 Å². The third kappa shape index (κ3) is 3.58. The second-order valence-corrected chi connectivity index (χ2v) is 8.51. The van der Waals surface area contributed by atoms with E-state index in [2.05, 4.69) is 4.90 Å². The molecule has 2 aliphatic heterocycles. The highest BCUT2D eigenvalue weighted by Gasteiger charge is 2.47. The molecule has 1 spiro atoms. The molecule has 2 aliphatic rings. The topological polar surface area (TPSA) is 54.8 Å². The molecule has 1 fully saturated rings. The van der Waals surface area contributed by atoms with Crippen molar-refractivity contribution in [3.63, 3.8) is 0 Å². The molecular formula is C23H26F3N3O3. The number of aryl methyl sites for hydroxylation is 1. The molecule has 1 aromatic carbocycles. The molecule has 0 atom stereocenters. The van der Waals surface area contributed by atoms with E-state index in [4.69, 9.17) is 4.74 Å². The SMILES string of the molecule is COc1ccc(C(=O)N2CCC3(CC2)c2ccc(C(=O)C(F)(F)F)n2CCN3C)cc1C. The molecule has 2 aromatic rings. The Morgan fingerprint density at radius 1 is 1.03 bits per heavy atom. The number of fused-ring (bicyclic) bond motifs is 2. The Balaban J connectivity index is 1.57. The van der Waals surface area contributed by atoms with Gasteiger partial charge in [-0.2, -0.15) is 13.2 Å². The van der Waals surface area contributed by atoms with Gasteiger partial charge in [0, 0.05) is 37.4 Å². The molecule has 0 N–H and O–H groups in total. The number of methoxy groups -OCH3 is 1. The summed E-state index contributed by atoms with van der Waals surface area (Å²) in [7, 11) is 3.53. The van der Waals surface area contributed by atoms with Crippen molar-refractivity contribution in [1.82, 2.24) is 14.4 Å².